The quantitative estimate of drug-likeness (QED) is 0.446. The molecule has 3 rings (SSSR count). The number of nitrogens with one attached hydrogen (secondary N) is 2. The molecule has 0 spiro atoms. The molecule has 31 heavy (non-hydrogen) atoms. The zero-order valence-electron chi connectivity index (χ0n) is 18.5. The summed E-state index contributed by atoms with van der Waals surface area (Å²) in [4.78, 5) is 11.4. The van der Waals surface area contributed by atoms with Gasteiger partial charge >= 0.3 is 0 Å². The van der Waals surface area contributed by atoms with Gasteiger partial charge in [0.15, 0.2) is 5.96 Å². The van der Waals surface area contributed by atoms with Crippen molar-refractivity contribution in [1.82, 2.24) is 20.5 Å². The van der Waals surface area contributed by atoms with Crippen molar-refractivity contribution in [2.75, 3.05) is 52.5 Å². The molecular formula is C23H33N5O3. The second-order valence-corrected chi connectivity index (χ2v) is 7.08. The number of guanidine groups is 1. The van der Waals surface area contributed by atoms with Gasteiger partial charge in [-0.25, -0.2) is 9.98 Å². The molecule has 2 N–H and O–H groups in total. The molecule has 1 saturated heterocycles. The summed E-state index contributed by atoms with van der Waals surface area (Å²) in [6, 6.07) is 11.4. The average molecular weight is 428 g/mol. The maximum Gasteiger partial charge on any atom is 0.219 e. The van der Waals surface area contributed by atoms with E-state index in [1.165, 1.54) is 0 Å². The Hall–Kier alpha value is -2.84. The van der Waals surface area contributed by atoms with Gasteiger partial charge in [-0.15, -0.1) is 0 Å². The molecule has 0 radical (unpaired) electrons. The van der Waals surface area contributed by atoms with Gasteiger partial charge in [-0.1, -0.05) is 0 Å². The van der Waals surface area contributed by atoms with Crippen LogP contribution in [0.5, 0.6) is 17.4 Å². The van der Waals surface area contributed by atoms with Gasteiger partial charge in [-0.2, -0.15) is 0 Å². The van der Waals surface area contributed by atoms with Gasteiger partial charge in [0.05, 0.1) is 26.4 Å². The third-order valence-electron chi connectivity index (χ3n) is 4.74. The lowest BCUT2D eigenvalue weighted by atomic mass is 10.2. The van der Waals surface area contributed by atoms with Crippen LogP contribution < -0.4 is 20.1 Å². The van der Waals surface area contributed by atoms with Gasteiger partial charge in [-0.3, -0.25) is 4.90 Å². The number of ether oxygens (including phenoxy) is 3. The average Bonchev–Trinajstić information content (AvgIpc) is 2.80. The highest BCUT2D eigenvalue weighted by molar-refractivity contribution is 5.79. The number of pyridine rings is 1. The number of hydrogen-bond acceptors (Lipinski definition) is 6. The standard InChI is InChI=1S/C23H33N5O3/c1-3-24-23(26-11-12-28-13-15-29-16-14-28)27-18-19-9-10-25-22(17-19)31-21-7-5-20(6-8-21)30-4-2/h5-10,17H,3-4,11-16,18H2,1-2H3,(H2,24,26,27). The van der Waals surface area contributed by atoms with Crippen LogP contribution in [0.1, 0.15) is 19.4 Å². The molecule has 2 heterocycles. The van der Waals surface area contributed by atoms with E-state index in [9.17, 15) is 0 Å². The minimum atomic E-state index is 0.537. The molecule has 1 aliphatic rings. The first-order chi connectivity index (χ1) is 15.3. The SMILES string of the molecule is CCNC(=NCc1ccnc(Oc2ccc(OCC)cc2)c1)NCCN1CCOCC1. The molecule has 2 aromatic rings. The van der Waals surface area contributed by atoms with Crippen molar-refractivity contribution in [2.45, 2.75) is 20.4 Å². The summed E-state index contributed by atoms with van der Waals surface area (Å²) >= 11 is 0. The maximum atomic E-state index is 5.88. The summed E-state index contributed by atoms with van der Waals surface area (Å²) in [7, 11) is 0. The van der Waals surface area contributed by atoms with Gasteiger partial charge in [0.2, 0.25) is 5.88 Å². The highest BCUT2D eigenvalue weighted by Crippen LogP contribution is 2.23. The van der Waals surface area contributed by atoms with Gasteiger partial charge in [0, 0.05) is 45.0 Å². The van der Waals surface area contributed by atoms with E-state index in [0.29, 0.717) is 19.0 Å². The molecular weight excluding hydrogens is 394 g/mol. The van der Waals surface area contributed by atoms with Crippen LogP contribution in [0.3, 0.4) is 0 Å². The highest BCUT2D eigenvalue weighted by atomic mass is 16.5. The molecule has 1 aliphatic heterocycles. The normalized spacial score (nSPS) is 14.8. The Morgan fingerprint density at radius 1 is 1.10 bits per heavy atom. The lowest BCUT2D eigenvalue weighted by molar-refractivity contribution is 0.0389. The maximum absolute atomic E-state index is 5.88. The topological polar surface area (TPSA) is 80.2 Å². The molecule has 1 aromatic carbocycles. The fraction of sp³-hybridized carbons (Fsp3) is 0.478. The lowest BCUT2D eigenvalue weighted by Gasteiger charge is -2.26. The first-order valence-corrected chi connectivity index (χ1v) is 10.9. The highest BCUT2D eigenvalue weighted by Gasteiger charge is 2.09. The van der Waals surface area contributed by atoms with Crippen LogP contribution in [0.25, 0.3) is 0 Å². The van der Waals surface area contributed by atoms with Crippen LogP contribution in [0, 0.1) is 0 Å². The Bertz CT molecular complexity index is 807. The van der Waals surface area contributed by atoms with Crippen molar-refractivity contribution >= 4 is 5.96 Å². The van der Waals surface area contributed by atoms with Crippen LogP contribution >= 0.6 is 0 Å². The van der Waals surface area contributed by atoms with E-state index < -0.39 is 0 Å². The van der Waals surface area contributed by atoms with Crippen molar-refractivity contribution in [1.29, 1.82) is 0 Å². The van der Waals surface area contributed by atoms with Gasteiger partial charge in [-0.05, 0) is 49.7 Å². The summed E-state index contributed by atoms with van der Waals surface area (Å²) < 4.78 is 16.7. The molecule has 168 valence electrons. The molecule has 8 nitrogen and oxygen atoms in total. The molecule has 0 saturated carbocycles. The lowest BCUT2D eigenvalue weighted by Crippen LogP contribution is -2.44. The third kappa shape index (κ3) is 8.07. The van der Waals surface area contributed by atoms with E-state index in [2.05, 4.69) is 27.4 Å². The monoisotopic (exact) mass is 427 g/mol. The number of aliphatic imine (C=N–C) groups is 1. The summed E-state index contributed by atoms with van der Waals surface area (Å²) in [6.07, 6.45) is 1.74. The van der Waals surface area contributed by atoms with Crippen molar-refractivity contribution in [2.24, 2.45) is 4.99 Å². The second kappa shape index (κ2) is 12.8. The Labute approximate surface area is 184 Å². The van der Waals surface area contributed by atoms with Crippen LogP contribution in [-0.2, 0) is 11.3 Å². The largest absolute Gasteiger partial charge is 0.494 e. The number of morpholine rings is 1. The number of benzene rings is 1. The van der Waals surface area contributed by atoms with Crippen LogP contribution in [0.4, 0.5) is 0 Å². The molecule has 0 aliphatic carbocycles. The molecule has 1 aromatic heterocycles. The fourth-order valence-corrected chi connectivity index (χ4v) is 3.17. The predicted octanol–water partition coefficient (Wildman–Crippen LogP) is 2.66. The smallest absolute Gasteiger partial charge is 0.219 e. The fourth-order valence-electron chi connectivity index (χ4n) is 3.17. The van der Waals surface area contributed by atoms with Crippen molar-refractivity contribution in [3.05, 3.63) is 48.2 Å². The Balaban J connectivity index is 1.52. The molecule has 0 amide bonds. The van der Waals surface area contributed by atoms with Crippen LogP contribution in [-0.4, -0.2) is 68.4 Å². The first kappa shape index (κ1) is 22.8. The second-order valence-electron chi connectivity index (χ2n) is 7.08. The minimum absolute atomic E-state index is 0.537. The summed E-state index contributed by atoms with van der Waals surface area (Å²) in [5, 5.41) is 6.70. The van der Waals surface area contributed by atoms with Crippen LogP contribution in [0.15, 0.2) is 47.6 Å². The zero-order chi connectivity index (χ0) is 21.7. The molecule has 0 atom stereocenters. The van der Waals surface area contributed by atoms with E-state index >= 15 is 0 Å². The van der Waals surface area contributed by atoms with Gasteiger partial charge < -0.3 is 24.8 Å². The minimum Gasteiger partial charge on any atom is -0.494 e. The van der Waals surface area contributed by atoms with Gasteiger partial charge in [0.25, 0.3) is 0 Å². The van der Waals surface area contributed by atoms with E-state index in [1.54, 1.807) is 6.20 Å². The predicted molar refractivity (Wildman–Crippen MR) is 122 cm³/mol. The van der Waals surface area contributed by atoms with Gasteiger partial charge in [0.1, 0.15) is 11.5 Å². The first-order valence-electron chi connectivity index (χ1n) is 10.9. The van der Waals surface area contributed by atoms with Crippen molar-refractivity contribution < 1.29 is 14.2 Å². The molecule has 8 heteroatoms. The number of aromatic nitrogens is 1. The van der Waals surface area contributed by atoms with Crippen molar-refractivity contribution in [3.63, 3.8) is 0 Å². The number of hydrogen-bond donors (Lipinski definition) is 2. The van der Waals surface area contributed by atoms with E-state index in [1.807, 2.05) is 43.3 Å². The zero-order valence-corrected chi connectivity index (χ0v) is 18.5. The number of nitrogens with zero attached hydrogens (tertiary/aromatic N) is 3. The van der Waals surface area contributed by atoms with E-state index in [-0.39, 0.29) is 0 Å². The number of rotatable bonds is 10. The third-order valence-corrected chi connectivity index (χ3v) is 4.74. The Kier molecular flexibility index (Phi) is 9.40. The van der Waals surface area contributed by atoms with E-state index in [4.69, 9.17) is 19.2 Å². The summed E-state index contributed by atoms with van der Waals surface area (Å²) in [5.74, 6) is 2.89. The van der Waals surface area contributed by atoms with Crippen LogP contribution in [0.2, 0.25) is 0 Å². The Morgan fingerprint density at radius 2 is 1.87 bits per heavy atom. The molecule has 0 unspecified atom stereocenters. The molecule has 1 fully saturated rings. The summed E-state index contributed by atoms with van der Waals surface area (Å²) in [6.45, 7) is 11.4. The van der Waals surface area contributed by atoms with E-state index in [0.717, 1.165) is 69.0 Å². The molecule has 0 bridgehead atoms. The Morgan fingerprint density at radius 3 is 2.61 bits per heavy atom. The van der Waals surface area contributed by atoms with Crippen molar-refractivity contribution in [3.8, 4) is 17.4 Å². The summed E-state index contributed by atoms with van der Waals surface area (Å²) in [5.41, 5.74) is 1.03.